The fourth-order valence-electron chi connectivity index (χ4n) is 1.55. The maximum absolute atomic E-state index is 5.99. The van der Waals surface area contributed by atoms with E-state index in [4.69, 9.17) is 27.5 Å². The third kappa shape index (κ3) is 2.87. The van der Waals surface area contributed by atoms with Gasteiger partial charge in [0.1, 0.15) is 0 Å². The Morgan fingerprint density at radius 2 is 1.59 bits per heavy atom. The van der Waals surface area contributed by atoms with Crippen LogP contribution in [-0.4, -0.2) is 7.11 Å². The van der Waals surface area contributed by atoms with E-state index in [1.807, 2.05) is 31.2 Å². The van der Waals surface area contributed by atoms with E-state index in [1.54, 1.807) is 0 Å². The van der Waals surface area contributed by atoms with Crippen LogP contribution in [0.4, 0.5) is 0 Å². The molecule has 2 aromatic carbocycles. The van der Waals surface area contributed by atoms with Crippen LogP contribution >= 0.6 is 35.2 Å². The van der Waals surface area contributed by atoms with Crippen molar-refractivity contribution in [1.82, 2.24) is 0 Å². The van der Waals surface area contributed by atoms with Crippen molar-refractivity contribution in [3.8, 4) is 0 Å². The van der Waals surface area contributed by atoms with Crippen molar-refractivity contribution in [2.75, 3.05) is 7.11 Å². The van der Waals surface area contributed by atoms with E-state index in [1.165, 1.54) is 19.2 Å². The molecule has 0 saturated carbocycles. The molecule has 0 atom stereocenters. The monoisotopic (exact) mass is 288 g/mol. The number of halogens is 2. The molecule has 2 rings (SSSR count). The first kappa shape index (κ1) is 13.0. The van der Waals surface area contributed by atoms with E-state index < -0.39 is 0 Å². The maximum Gasteiger partial charge on any atom is 0.0725 e. The molecule has 0 heterocycles. The van der Waals surface area contributed by atoms with Crippen LogP contribution in [0.3, 0.4) is 0 Å². The molecule has 2 nitrogen and oxygen atoms in total. The highest BCUT2D eigenvalue weighted by molar-refractivity contribution is 7.94. The fraction of sp³-hybridized carbons (Fsp3) is 0.167. The van der Waals surface area contributed by atoms with Crippen molar-refractivity contribution in [3.63, 3.8) is 0 Å². The molecule has 0 saturated heterocycles. The van der Waals surface area contributed by atoms with Crippen LogP contribution < -0.4 is 0 Å². The molecule has 0 fully saturated rings. The third-order valence-electron chi connectivity index (χ3n) is 2.37. The third-order valence-corrected chi connectivity index (χ3v) is 3.91. The van der Waals surface area contributed by atoms with Crippen molar-refractivity contribution in [2.45, 2.75) is 11.8 Å². The van der Waals surface area contributed by atoms with E-state index in [0.717, 1.165) is 21.2 Å². The van der Waals surface area contributed by atoms with Crippen LogP contribution in [-0.2, 0) is 9.22 Å². The van der Waals surface area contributed by atoms with E-state index in [9.17, 15) is 0 Å². The van der Waals surface area contributed by atoms with Crippen molar-refractivity contribution in [2.24, 2.45) is 0 Å². The van der Waals surface area contributed by atoms with Crippen molar-refractivity contribution in [3.05, 3.63) is 39.9 Å². The molecule has 0 amide bonds. The van der Waals surface area contributed by atoms with Crippen LogP contribution in [0.15, 0.2) is 29.2 Å². The van der Waals surface area contributed by atoms with Gasteiger partial charge >= 0.3 is 0 Å². The second kappa shape index (κ2) is 5.46. The zero-order valence-corrected chi connectivity index (χ0v) is 11.6. The minimum atomic E-state index is 0.548. The number of aryl methyl sites for hydroxylation is 1. The predicted octanol–water partition coefficient (Wildman–Crippen LogP) is 5.04. The summed E-state index contributed by atoms with van der Waals surface area (Å²) < 4.78 is 4.86. The smallest absolute Gasteiger partial charge is 0.0725 e. The van der Waals surface area contributed by atoms with Gasteiger partial charge in [-0.3, -0.25) is 0 Å². The lowest BCUT2D eigenvalue weighted by molar-refractivity contribution is -0.160. The van der Waals surface area contributed by atoms with Gasteiger partial charge < -0.3 is 0 Å². The molecular weight excluding hydrogens is 279 g/mol. The quantitative estimate of drug-likeness (QED) is 0.448. The summed E-state index contributed by atoms with van der Waals surface area (Å²) in [6.45, 7) is 2.00. The maximum atomic E-state index is 5.99. The van der Waals surface area contributed by atoms with Gasteiger partial charge in [-0.1, -0.05) is 29.3 Å². The minimum Gasteiger partial charge on any atom is -0.227 e. The Morgan fingerprint density at radius 3 is 2.18 bits per heavy atom. The summed E-state index contributed by atoms with van der Waals surface area (Å²) in [5.74, 6) is 0. The van der Waals surface area contributed by atoms with E-state index in [-0.39, 0.29) is 0 Å². The summed E-state index contributed by atoms with van der Waals surface area (Å²) in [5.41, 5.74) is 1.10. The zero-order valence-electron chi connectivity index (χ0n) is 9.29. The Bertz CT molecular complexity index is 558. The highest BCUT2D eigenvalue weighted by Gasteiger charge is 2.06. The standard InChI is InChI=1S/C12H10Cl2O2S/c1-7-3-8-4-10(13)11(14)5-9(8)6-12(7)17-16-15-2/h3-6H,1-2H3. The van der Waals surface area contributed by atoms with Crippen molar-refractivity contribution in [1.29, 1.82) is 0 Å². The van der Waals surface area contributed by atoms with Gasteiger partial charge in [-0.15, -0.1) is 0 Å². The SMILES string of the molecule is COOSc1cc2cc(Cl)c(Cl)cc2cc1C. The topological polar surface area (TPSA) is 18.5 Å². The first-order valence-electron chi connectivity index (χ1n) is 4.88. The highest BCUT2D eigenvalue weighted by atomic mass is 35.5. The number of hydrogen-bond donors (Lipinski definition) is 0. The van der Waals surface area contributed by atoms with Gasteiger partial charge in [0.25, 0.3) is 0 Å². The highest BCUT2D eigenvalue weighted by Crippen LogP contribution is 2.33. The zero-order chi connectivity index (χ0) is 12.4. The largest absolute Gasteiger partial charge is 0.227 e. The summed E-state index contributed by atoms with van der Waals surface area (Å²) >= 11 is 13.1. The number of hydrogen-bond acceptors (Lipinski definition) is 3. The van der Waals surface area contributed by atoms with E-state index in [0.29, 0.717) is 10.0 Å². The first-order valence-corrected chi connectivity index (χ1v) is 6.38. The lowest BCUT2D eigenvalue weighted by Gasteiger charge is -2.07. The average molecular weight is 289 g/mol. The molecule has 0 N–H and O–H groups in total. The van der Waals surface area contributed by atoms with Gasteiger partial charge in [0.2, 0.25) is 0 Å². The normalized spacial score (nSPS) is 11.1. The van der Waals surface area contributed by atoms with Gasteiger partial charge in [-0.05, 0) is 41.5 Å². The summed E-state index contributed by atoms with van der Waals surface area (Å²) in [6.07, 6.45) is 0. The van der Waals surface area contributed by atoms with E-state index >= 15 is 0 Å². The molecular formula is C12H10Cl2O2S. The lowest BCUT2D eigenvalue weighted by atomic mass is 10.1. The summed E-state index contributed by atoms with van der Waals surface area (Å²) in [5, 5.41) is 3.18. The van der Waals surface area contributed by atoms with Gasteiger partial charge in [0, 0.05) is 4.90 Å². The molecule has 0 unspecified atom stereocenters. The molecule has 5 heteroatoms. The van der Waals surface area contributed by atoms with Crippen LogP contribution in [0.2, 0.25) is 10.0 Å². The number of benzene rings is 2. The second-order valence-corrected chi connectivity index (χ2v) is 5.11. The van der Waals surface area contributed by atoms with Crippen LogP contribution in [0.25, 0.3) is 10.8 Å². The Labute approximate surface area is 114 Å². The minimum absolute atomic E-state index is 0.548. The second-order valence-electron chi connectivity index (χ2n) is 3.55. The average Bonchev–Trinajstić information content (AvgIpc) is 2.29. The molecule has 2 aromatic rings. The fourth-order valence-corrected chi connectivity index (χ4v) is 2.40. The van der Waals surface area contributed by atoms with E-state index in [2.05, 4.69) is 4.89 Å². The van der Waals surface area contributed by atoms with Crippen molar-refractivity contribution >= 4 is 46.0 Å². The van der Waals surface area contributed by atoms with Gasteiger partial charge in [-0.2, -0.15) is 4.33 Å². The van der Waals surface area contributed by atoms with Gasteiger partial charge in [0.05, 0.1) is 29.2 Å². The van der Waals surface area contributed by atoms with Crippen molar-refractivity contribution < 1.29 is 9.22 Å². The Hall–Kier alpha value is -0.450. The molecule has 0 aliphatic rings. The molecule has 0 bridgehead atoms. The Balaban J connectivity index is 2.51. The van der Waals surface area contributed by atoms with Gasteiger partial charge in [0.15, 0.2) is 0 Å². The van der Waals surface area contributed by atoms with Crippen LogP contribution in [0, 0.1) is 6.92 Å². The molecule has 0 aliphatic heterocycles. The molecule has 17 heavy (non-hydrogen) atoms. The molecule has 90 valence electrons. The van der Waals surface area contributed by atoms with Crippen LogP contribution in [0.5, 0.6) is 0 Å². The number of rotatable bonds is 3. The molecule has 0 aromatic heterocycles. The summed E-state index contributed by atoms with van der Waals surface area (Å²) in [7, 11) is 1.47. The molecule has 0 spiro atoms. The van der Waals surface area contributed by atoms with Crippen LogP contribution in [0.1, 0.15) is 5.56 Å². The Kier molecular flexibility index (Phi) is 4.17. The first-order chi connectivity index (χ1) is 8.11. The lowest BCUT2D eigenvalue weighted by Crippen LogP contribution is -1.84. The van der Waals surface area contributed by atoms with Gasteiger partial charge in [-0.25, -0.2) is 4.89 Å². The summed E-state index contributed by atoms with van der Waals surface area (Å²) in [6, 6.07) is 7.74. The molecule has 0 aliphatic carbocycles. The Morgan fingerprint density at radius 1 is 1.00 bits per heavy atom. The molecule has 0 radical (unpaired) electrons. The summed E-state index contributed by atoms with van der Waals surface area (Å²) in [4.78, 5) is 5.56. The number of fused-ring (bicyclic) bond motifs is 1. The predicted molar refractivity (Wildman–Crippen MR) is 72.7 cm³/mol.